The minimum absolute atomic E-state index is 0.496. The van der Waals surface area contributed by atoms with E-state index in [1.54, 1.807) is 6.07 Å². The predicted molar refractivity (Wildman–Crippen MR) is 314 cm³/mol. The highest BCUT2D eigenvalue weighted by Crippen LogP contribution is 2.39. The van der Waals surface area contributed by atoms with E-state index >= 15 is 0 Å². The molecule has 13 aromatic carbocycles. The Morgan fingerprint density at radius 3 is 0.867 bits per heavy atom. The van der Waals surface area contributed by atoms with Crippen LogP contribution in [0.4, 0.5) is 0 Å². The second-order valence-electron chi connectivity index (χ2n) is 18.9. The molecule has 14 rings (SSSR count). The fraction of sp³-hybridized carbons (Fsp3) is 0. The molecule has 0 aliphatic carbocycles. The molecule has 0 unspecified atom stereocenters. The van der Waals surface area contributed by atoms with Crippen molar-refractivity contribution in [2.75, 3.05) is 0 Å². The van der Waals surface area contributed by atoms with Gasteiger partial charge in [-0.15, -0.1) is 0 Å². The summed E-state index contributed by atoms with van der Waals surface area (Å²) in [7, 11) is -1.46. The maximum atomic E-state index is 9.48. The van der Waals surface area contributed by atoms with E-state index in [1.165, 1.54) is 75.8 Å². The molecule has 352 valence electrons. The van der Waals surface area contributed by atoms with E-state index in [-0.39, 0.29) is 0 Å². The van der Waals surface area contributed by atoms with Crippen molar-refractivity contribution in [1.82, 2.24) is 15.0 Å². The summed E-state index contributed by atoms with van der Waals surface area (Å²) < 4.78 is 0. The summed E-state index contributed by atoms with van der Waals surface area (Å²) in [6.07, 6.45) is 0. The maximum Gasteiger partial charge on any atom is 0.488 e. The molecule has 0 atom stereocenters. The van der Waals surface area contributed by atoms with Gasteiger partial charge in [-0.2, -0.15) is 0 Å². The average Bonchev–Trinajstić information content (AvgIpc) is 3.50. The van der Waals surface area contributed by atoms with Crippen LogP contribution >= 0.6 is 0 Å². The number of fused-ring (bicyclic) bond motifs is 12. The Morgan fingerprint density at radius 2 is 0.467 bits per heavy atom. The fourth-order valence-corrected chi connectivity index (χ4v) is 10.7. The van der Waals surface area contributed by atoms with Crippen LogP contribution in [0.3, 0.4) is 0 Å². The molecule has 0 aliphatic heterocycles. The third-order valence-electron chi connectivity index (χ3n) is 14.4. The van der Waals surface area contributed by atoms with Gasteiger partial charge < -0.3 is 10.0 Å². The minimum Gasteiger partial charge on any atom is -0.423 e. The summed E-state index contributed by atoms with van der Waals surface area (Å²) in [5, 5.41) is 34.1. The van der Waals surface area contributed by atoms with E-state index < -0.39 is 7.12 Å². The van der Waals surface area contributed by atoms with E-state index in [2.05, 4.69) is 182 Å². The lowest BCUT2D eigenvalue weighted by atomic mass is 9.79. The molecule has 0 amide bonds. The number of benzene rings is 13. The number of hydrogen-bond donors (Lipinski definition) is 2. The average molecular weight is 960 g/mol. The first-order valence-electron chi connectivity index (χ1n) is 25.2. The molecule has 14 aromatic rings. The SMILES string of the molecule is OB(O)c1cccc(-c2ccc3c4ccccc4c4ccccc4c3c2)c1.c1ccc(-c2nc(-c3ccccc3)nc(-c3ccc(-c4cccc(-c5ccc6c7ccccc7c7ccccc7c6c5)c4)cc3)n2)cc1. The molecule has 0 fully saturated rings. The molecule has 1 aromatic heterocycles. The first-order chi connectivity index (χ1) is 37.0. The van der Waals surface area contributed by atoms with Gasteiger partial charge in [0.25, 0.3) is 0 Å². The topological polar surface area (TPSA) is 79.1 Å². The molecule has 0 saturated heterocycles. The van der Waals surface area contributed by atoms with Gasteiger partial charge in [-0.1, -0.05) is 249 Å². The van der Waals surface area contributed by atoms with Gasteiger partial charge in [0.05, 0.1) is 0 Å². The van der Waals surface area contributed by atoms with E-state index in [4.69, 9.17) is 15.0 Å². The summed E-state index contributed by atoms with van der Waals surface area (Å²) >= 11 is 0. The van der Waals surface area contributed by atoms with Crippen LogP contribution in [0.5, 0.6) is 0 Å². The minimum atomic E-state index is -1.46. The second-order valence-corrected chi connectivity index (χ2v) is 18.9. The summed E-state index contributed by atoms with van der Waals surface area (Å²) in [6, 6.07) is 92.7. The third kappa shape index (κ3) is 8.64. The largest absolute Gasteiger partial charge is 0.488 e. The Hall–Kier alpha value is -9.59. The van der Waals surface area contributed by atoms with Crippen molar-refractivity contribution in [2.45, 2.75) is 0 Å². The van der Waals surface area contributed by atoms with Gasteiger partial charge in [0, 0.05) is 16.7 Å². The van der Waals surface area contributed by atoms with Crippen LogP contribution in [0.2, 0.25) is 0 Å². The van der Waals surface area contributed by atoms with Gasteiger partial charge in [-0.3, -0.25) is 0 Å². The van der Waals surface area contributed by atoms with E-state index in [0.29, 0.717) is 22.9 Å². The summed E-state index contributed by atoms with van der Waals surface area (Å²) in [5.74, 6) is 1.97. The molecule has 0 aliphatic rings. The molecule has 75 heavy (non-hydrogen) atoms. The Kier molecular flexibility index (Phi) is 11.7. The highest BCUT2D eigenvalue weighted by molar-refractivity contribution is 6.58. The van der Waals surface area contributed by atoms with Crippen LogP contribution in [-0.4, -0.2) is 32.1 Å². The van der Waals surface area contributed by atoms with Gasteiger partial charge in [0.1, 0.15) is 0 Å². The quantitative estimate of drug-likeness (QED) is 0.123. The predicted octanol–water partition coefficient (Wildman–Crippen LogP) is 16.2. The van der Waals surface area contributed by atoms with E-state index in [0.717, 1.165) is 38.9 Å². The molecule has 1 heterocycles. The highest BCUT2D eigenvalue weighted by Gasteiger charge is 2.16. The molecule has 0 bridgehead atoms. The molecule has 6 heteroatoms. The highest BCUT2D eigenvalue weighted by atomic mass is 16.4. The van der Waals surface area contributed by atoms with E-state index in [9.17, 15) is 10.0 Å². The molecule has 0 radical (unpaired) electrons. The number of hydrogen-bond acceptors (Lipinski definition) is 5. The lowest BCUT2D eigenvalue weighted by Gasteiger charge is -2.13. The van der Waals surface area contributed by atoms with Gasteiger partial charge in [-0.05, 0) is 122 Å². The Balaban J connectivity index is 0.000000169. The second kappa shape index (κ2) is 19.4. The molecule has 2 N–H and O–H groups in total. The van der Waals surface area contributed by atoms with Crippen molar-refractivity contribution in [3.05, 3.63) is 267 Å². The van der Waals surface area contributed by atoms with Crippen LogP contribution in [0.15, 0.2) is 267 Å². The first-order valence-corrected chi connectivity index (χ1v) is 25.2. The molecular weight excluding hydrogens is 914 g/mol. The van der Waals surface area contributed by atoms with Crippen LogP contribution in [0, 0.1) is 0 Å². The standard InChI is InChI=1S/C45H29N3.C24H17BO2/c1-3-12-31(13-4-1)43-46-44(32-14-5-2-6-15-32)48-45(47-43)33-24-22-30(23-25-33)34-16-11-17-35(28-34)36-26-27-41-39-20-8-7-18-37(39)38-19-9-10-21-40(38)42(41)29-36;26-25(27)18-7-5-6-16(14-18)17-12-13-23-21-10-2-1-8-19(21)20-9-3-4-11-22(20)24(23)15-17/h1-29H;1-15,26-27H. The van der Waals surface area contributed by atoms with Crippen molar-refractivity contribution in [2.24, 2.45) is 0 Å². The fourth-order valence-electron chi connectivity index (χ4n) is 10.7. The monoisotopic (exact) mass is 959 g/mol. The van der Waals surface area contributed by atoms with Crippen LogP contribution in [-0.2, 0) is 0 Å². The van der Waals surface area contributed by atoms with Crippen LogP contribution in [0.1, 0.15) is 0 Å². The lowest BCUT2D eigenvalue weighted by Crippen LogP contribution is -2.29. The van der Waals surface area contributed by atoms with Crippen LogP contribution in [0.25, 0.3) is 132 Å². The zero-order valence-electron chi connectivity index (χ0n) is 40.7. The van der Waals surface area contributed by atoms with Crippen molar-refractivity contribution < 1.29 is 10.0 Å². The van der Waals surface area contributed by atoms with E-state index in [1.807, 2.05) is 78.9 Å². The van der Waals surface area contributed by atoms with Gasteiger partial charge in [-0.25, -0.2) is 15.0 Å². The zero-order valence-corrected chi connectivity index (χ0v) is 40.7. The smallest absolute Gasteiger partial charge is 0.423 e. The first kappa shape index (κ1) is 45.3. The molecule has 0 saturated carbocycles. The van der Waals surface area contributed by atoms with Crippen molar-refractivity contribution in [3.8, 4) is 67.5 Å². The zero-order chi connectivity index (χ0) is 50.2. The van der Waals surface area contributed by atoms with Crippen molar-refractivity contribution in [3.63, 3.8) is 0 Å². The van der Waals surface area contributed by atoms with Crippen molar-refractivity contribution in [1.29, 1.82) is 0 Å². The number of aromatic nitrogens is 3. The van der Waals surface area contributed by atoms with Crippen LogP contribution < -0.4 is 5.46 Å². The normalized spacial score (nSPS) is 11.3. The molecular formula is C69H46BN3O2. The number of rotatable bonds is 7. The summed E-state index contributed by atoms with van der Waals surface area (Å²) in [5.41, 5.74) is 10.1. The lowest BCUT2D eigenvalue weighted by molar-refractivity contribution is 0.426. The number of nitrogens with zero attached hydrogens (tertiary/aromatic N) is 3. The Bertz CT molecular complexity index is 4320. The molecule has 0 spiro atoms. The maximum absolute atomic E-state index is 9.48. The summed E-state index contributed by atoms with van der Waals surface area (Å²) in [6.45, 7) is 0. The Morgan fingerprint density at radius 1 is 0.200 bits per heavy atom. The third-order valence-corrected chi connectivity index (χ3v) is 14.4. The van der Waals surface area contributed by atoms with Gasteiger partial charge >= 0.3 is 7.12 Å². The molecule has 5 nitrogen and oxygen atoms in total. The van der Waals surface area contributed by atoms with Crippen molar-refractivity contribution >= 4 is 77.2 Å². The van der Waals surface area contributed by atoms with Gasteiger partial charge in [0.15, 0.2) is 17.5 Å². The summed E-state index contributed by atoms with van der Waals surface area (Å²) in [4.78, 5) is 14.6. The Labute approximate surface area is 434 Å². The van der Waals surface area contributed by atoms with Gasteiger partial charge in [0.2, 0.25) is 0 Å².